The molecule has 6 rings (SSSR count). The smallest absolute Gasteiger partial charge is 0.242 e. The van der Waals surface area contributed by atoms with Crippen molar-refractivity contribution in [3.8, 4) is 0 Å². The van der Waals surface area contributed by atoms with E-state index in [1.165, 1.54) is 49.6 Å². The van der Waals surface area contributed by atoms with Crippen LogP contribution in [0.15, 0.2) is 42.2 Å². The maximum Gasteiger partial charge on any atom is 0.242 e. The number of aliphatic hydroxyl groups is 1. The monoisotopic (exact) mass is 391 g/mol. The van der Waals surface area contributed by atoms with E-state index in [9.17, 15) is 5.11 Å². The molecule has 154 valence electrons. The predicted molar refractivity (Wildman–Crippen MR) is 115 cm³/mol. The number of hydrogen-bond acceptors (Lipinski definition) is 1. The van der Waals surface area contributed by atoms with Gasteiger partial charge in [0.05, 0.1) is 6.10 Å². The lowest BCUT2D eigenvalue weighted by molar-refractivity contribution is -0.711. The van der Waals surface area contributed by atoms with E-state index in [4.69, 9.17) is 0 Å². The number of nitrogens with one attached hydrogen (secondary N) is 1. The van der Waals surface area contributed by atoms with Crippen molar-refractivity contribution in [1.82, 2.24) is 4.98 Å². The van der Waals surface area contributed by atoms with Gasteiger partial charge in [0, 0.05) is 5.41 Å². The molecule has 0 radical (unpaired) electrons. The van der Waals surface area contributed by atoms with Crippen molar-refractivity contribution in [3.63, 3.8) is 0 Å². The third-order valence-electron chi connectivity index (χ3n) is 9.91. The molecule has 2 aromatic rings. The molecule has 3 heteroatoms. The van der Waals surface area contributed by atoms with E-state index in [0.29, 0.717) is 16.9 Å². The van der Waals surface area contributed by atoms with Crippen LogP contribution in [0.3, 0.4) is 0 Å². The molecular formula is C26H35N2O+. The molecule has 0 aliphatic heterocycles. The topological polar surface area (TPSA) is 39.9 Å². The third kappa shape index (κ3) is 2.43. The number of fused-ring (bicyclic) bond motifs is 6. The zero-order chi connectivity index (χ0) is 19.8. The van der Waals surface area contributed by atoms with Gasteiger partial charge in [-0.15, -0.1) is 0 Å². The minimum absolute atomic E-state index is 0.103. The van der Waals surface area contributed by atoms with Crippen LogP contribution < -0.4 is 4.57 Å². The molecule has 4 aliphatic rings. The summed E-state index contributed by atoms with van der Waals surface area (Å²) in [6, 6.07) is 9.38. The van der Waals surface area contributed by atoms with E-state index in [2.05, 4.69) is 60.1 Å². The Morgan fingerprint density at radius 1 is 1.03 bits per heavy atom. The number of imidazole rings is 1. The number of benzene rings is 1. The van der Waals surface area contributed by atoms with Crippen molar-refractivity contribution in [1.29, 1.82) is 0 Å². The number of hydrogen-bond donors (Lipinski definition) is 2. The van der Waals surface area contributed by atoms with E-state index in [1.807, 2.05) is 0 Å². The first-order chi connectivity index (χ1) is 14.0. The molecule has 1 aromatic carbocycles. The van der Waals surface area contributed by atoms with Gasteiger partial charge >= 0.3 is 0 Å². The first-order valence-corrected chi connectivity index (χ1v) is 11.9. The summed E-state index contributed by atoms with van der Waals surface area (Å²) >= 11 is 0. The number of rotatable bonds is 1. The van der Waals surface area contributed by atoms with Crippen LogP contribution >= 0.6 is 0 Å². The molecule has 1 aromatic heterocycles. The summed E-state index contributed by atoms with van der Waals surface area (Å²) in [5, 5.41) is 10.2. The van der Waals surface area contributed by atoms with Gasteiger partial charge < -0.3 is 5.11 Å². The van der Waals surface area contributed by atoms with Crippen LogP contribution in [0.2, 0.25) is 0 Å². The number of H-pyrrole nitrogens is 1. The molecule has 1 unspecified atom stereocenters. The van der Waals surface area contributed by atoms with Crippen molar-refractivity contribution in [2.45, 2.75) is 77.4 Å². The molecule has 0 amide bonds. The van der Waals surface area contributed by atoms with E-state index in [0.717, 1.165) is 30.6 Å². The van der Waals surface area contributed by atoms with E-state index < -0.39 is 0 Å². The molecule has 0 saturated heterocycles. The van der Waals surface area contributed by atoms with Crippen LogP contribution in [0, 0.1) is 28.6 Å². The van der Waals surface area contributed by atoms with Crippen LogP contribution in [-0.4, -0.2) is 16.2 Å². The number of aromatic nitrogens is 2. The lowest BCUT2D eigenvalue weighted by Gasteiger charge is -2.57. The third-order valence-corrected chi connectivity index (χ3v) is 9.91. The Labute approximate surface area is 174 Å². The summed E-state index contributed by atoms with van der Waals surface area (Å²) in [5.41, 5.74) is 4.94. The molecule has 29 heavy (non-hydrogen) atoms. The van der Waals surface area contributed by atoms with Gasteiger partial charge in [-0.2, -0.15) is 0 Å². The van der Waals surface area contributed by atoms with E-state index in [-0.39, 0.29) is 6.10 Å². The van der Waals surface area contributed by atoms with Crippen LogP contribution in [-0.2, 0) is 0 Å². The van der Waals surface area contributed by atoms with E-state index >= 15 is 0 Å². The fourth-order valence-corrected chi connectivity index (χ4v) is 8.36. The number of nitrogens with zero attached hydrogens (tertiary/aromatic N) is 1. The van der Waals surface area contributed by atoms with Gasteiger partial charge in [-0.25, -0.2) is 9.55 Å². The zero-order valence-corrected chi connectivity index (χ0v) is 17.9. The SMILES string of the molecule is C[C@]12CC[C@H](O)CC1=CC[C@@H]1[C@@H]2CC[C@]2(C)C([n+]3c[nH]c4ccccc43)CC[C@@H]12. The van der Waals surface area contributed by atoms with Gasteiger partial charge in [0.1, 0.15) is 6.04 Å². The Kier molecular flexibility index (Phi) is 3.89. The summed E-state index contributed by atoms with van der Waals surface area (Å²) in [4.78, 5) is 3.51. The molecule has 3 nitrogen and oxygen atoms in total. The van der Waals surface area contributed by atoms with Crippen LogP contribution in [0.4, 0.5) is 0 Å². The van der Waals surface area contributed by atoms with Crippen LogP contribution in [0.25, 0.3) is 11.0 Å². The second-order valence-corrected chi connectivity index (χ2v) is 11.0. The zero-order valence-electron chi connectivity index (χ0n) is 17.9. The summed E-state index contributed by atoms with van der Waals surface area (Å²) in [6.07, 6.45) is 14.4. The van der Waals surface area contributed by atoms with Crippen molar-refractivity contribution in [3.05, 3.63) is 42.2 Å². The summed E-state index contributed by atoms with van der Waals surface area (Å²) in [7, 11) is 0. The van der Waals surface area contributed by atoms with Gasteiger partial charge in [-0.05, 0) is 86.7 Å². The van der Waals surface area contributed by atoms with Crippen molar-refractivity contribution in [2.75, 3.05) is 0 Å². The minimum Gasteiger partial charge on any atom is -0.393 e. The Hall–Kier alpha value is -1.61. The predicted octanol–water partition coefficient (Wildman–Crippen LogP) is 5.32. The minimum atomic E-state index is -0.103. The van der Waals surface area contributed by atoms with Crippen LogP contribution in [0.5, 0.6) is 0 Å². The molecule has 7 atom stereocenters. The number of aliphatic hydroxyl groups excluding tert-OH is 1. The Bertz CT molecular complexity index is 976. The summed E-state index contributed by atoms with van der Waals surface area (Å²) < 4.78 is 2.57. The molecule has 3 fully saturated rings. The van der Waals surface area contributed by atoms with Gasteiger partial charge in [-0.3, -0.25) is 0 Å². The molecule has 0 spiro atoms. The maximum atomic E-state index is 10.2. The quantitative estimate of drug-likeness (QED) is 0.501. The molecule has 0 bridgehead atoms. The van der Waals surface area contributed by atoms with Crippen LogP contribution in [0.1, 0.15) is 71.3 Å². The molecule has 1 heterocycles. The van der Waals surface area contributed by atoms with Crippen molar-refractivity contribution in [2.24, 2.45) is 28.6 Å². The number of para-hydroxylation sites is 2. The highest BCUT2D eigenvalue weighted by molar-refractivity contribution is 5.70. The standard InChI is InChI=1S/C26H34N2O/c1-25-13-11-18(29)15-17(25)7-8-19-20-9-10-24(26(20,2)14-12-21(19)25)28-16-27-22-5-3-4-6-23(22)28/h3-7,16,18-21,24,29H,8-15H2,1-2H3/p+1/t18-,19-,20-,21-,24?,25-,26-/m0/s1. The lowest BCUT2D eigenvalue weighted by Crippen LogP contribution is -2.53. The first-order valence-electron chi connectivity index (χ1n) is 11.9. The normalized spacial score (nSPS) is 44.1. The second kappa shape index (κ2) is 6.20. The summed E-state index contributed by atoms with van der Waals surface area (Å²) in [6.45, 7) is 5.14. The highest BCUT2D eigenvalue weighted by atomic mass is 16.3. The lowest BCUT2D eigenvalue weighted by atomic mass is 9.48. The highest BCUT2D eigenvalue weighted by Crippen LogP contribution is 2.66. The number of aromatic amines is 1. The largest absolute Gasteiger partial charge is 0.393 e. The maximum absolute atomic E-state index is 10.2. The van der Waals surface area contributed by atoms with Crippen molar-refractivity contribution < 1.29 is 9.67 Å². The molecule has 4 aliphatic carbocycles. The Morgan fingerprint density at radius 3 is 2.79 bits per heavy atom. The molecule has 2 N–H and O–H groups in total. The average molecular weight is 392 g/mol. The number of allylic oxidation sites excluding steroid dienone is 1. The van der Waals surface area contributed by atoms with Crippen molar-refractivity contribution >= 4 is 11.0 Å². The summed E-state index contributed by atoms with van der Waals surface area (Å²) in [5.74, 6) is 2.47. The Morgan fingerprint density at radius 2 is 1.90 bits per heavy atom. The van der Waals surface area contributed by atoms with Gasteiger partial charge in [0.2, 0.25) is 6.33 Å². The average Bonchev–Trinajstić information content (AvgIpc) is 3.29. The Balaban J connectivity index is 1.35. The first kappa shape index (κ1) is 18.2. The van der Waals surface area contributed by atoms with Gasteiger partial charge in [0.15, 0.2) is 11.0 Å². The van der Waals surface area contributed by atoms with Gasteiger partial charge in [0.25, 0.3) is 0 Å². The highest BCUT2D eigenvalue weighted by Gasteiger charge is 2.60. The fourth-order valence-electron chi connectivity index (χ4n) is 8.36. The fraction of sp³-hybridized carbons (Fsp3) is 0.654. The van der Waals surface area contributed by atoms with E-state index in [1.54, 1.807) is 5.57 Å². The molecule has 3 saturated carbocycles. The van der Waals surface area contributed by atoms with Gasteiger partial charge in [-0.1, -0.05) is 37.6 Å². The molecular weight excluding hydrogens is 356 g/mol. The second-order valence-electron chi connectivity index (χ2n) is 11.0.